The summed E-state index contributed by atoms with van der Waals surface area (Å²) in [5.41, 5.74) is 5.56. The molecule has 1 rings (SSSR count). The lowest BCUT2D eigenvalue weighted by molar-refractivity contribution is -0.142. The maximum Gasteiger partial charge on any atom is 0.326 e. The molecule has 20 heavy (non-hydrogen) atoms. The Hall–Kier alpha value is -2.08. The number of nitrogens with one attached hydrogen (secondary N) is 1. The monoisotopic (exact) mass is 298 g/mol. The Labute approximate surface area is 120 Å². The number of halogens is 1. The Morgan fingerprint density at radius 2 is 1.95 bits per heavy atom. The van der Waals surface area contributed by atoms with Gasteiger partial charge in [0.15, 0.2) is 0 Å². The molecule has 6 nitrogen and oxygen atoms in total. The van der Waals surface area contributed by atoms with E-state index < -0.39 is 23.8 Å². The highest BCUT2D eigenvalue weighted by Gasteiger charge is 2.20. The zero-order valence-corrected chi connectivity index (χ0v) is 11.4. The highest BCUT2D eigenvalue weighted by molar-refractivity contribution is 6.31. The number of rotatable bonds is 7. The SMILES string of the molecule is NC(=O)CC[C@@H](NC(=O)Cc1ccccc1Cl)C(=O)O. The van der Waals surface area contributed by atoms with Crippen LogP contribution in [0.3, 0.4) is 0 Å². The second-order valence-electron chi connectivity index (χ2n) is 4.23. The van der Waals surface area contributed by atoms with Gasteiger partial charge in [0.1, 0.15) is 6.04 Å². The third-order valence-electron chi connectivity index (χ3n) is 2.62. The van der Waals surface area contributed by atoms with Crippen molar-refractivity contribution in [2.75, 3.05) is 0 Å². The van der Waals surface area contributed by atoms with E-state index in [0.29, 0.717) is 10.6 Å². The number of hydrogen-bond donors (Lipinski definition) is 3. The van der Waals surface area contributed by atoms with E-state index in [1.165, 1.54) is 0 Å². The summed E-state index contributed by atoms with van der Waals surface area (Å²) in [6, 6.07) is 5.65. The molecule has 0 bridgehead atoms. The van der Waals surface area contributed by atoms with Gasteiger partial charge in [0.25, 0.3) is 0 Å². The van der Waals surface area contributed by atoms with Gasteiger partial charge in [0.05, 0.1) is 6.42 Å². The smallest absolute Gasteiger partial charge is 0.326 e. The zero-order valence-electron chi connectivity index (χ0n) is 10.6. The number of carbonyl (C=O) groups is 3. The van der Waals surface area contributed by atoms with Crippen molar-refractivity contribution in [3.05, 3.63) is 34.9 Å². The van der Waals surface area contributed by atoms with Crippen LogP contribution in [0.2, 0.25) is 5.02 Å². The number of primary amides is 1. The summed E-state index contributed by atoms with van der Waals surface area (Å²) >= 11 is 5.91. The normalized spacial score (nSPS) is 11.7. The molecule has 0 radical (unpaired) electrons. The highest BCUT2D eigenvalue weighted by atomic mass is 35.5. The van der Waals surface area contributed by atoms with Crippen molar-refractivity contribution < 1.29 is 19.5 Å². The first-order chi connectivity index (χ1) is 9.40. The Kier molecular flexibility index (Phi) is 5.99. The highest BCUT2D eigenvalue weighted by Crippen LogP contribution is 2.15. The Morgan fingerprint density at radius 3 is 2.50 bits per heavy atom. The molecule has 0 heterocycles. The third-order valence-corrected chi connectivity index (χ3v) is 2.99. The summed E-state index contributed by atoms with van der Waals surface area (Å²) < 4.78 is 0. The quantitative estimate of drug-likeness (QED) is 0.689. The van der Waals surface area contributed by atoms with Gasteiger partial charge in [-0.25, -0.2) is 4.79 Å². The van der Waals surface area contributed by atoms with Gasteiger partial charge in [-0.05, 0) is 18.1 Å². The van der Waals surface area contributed by atoms with Crippen molar-refractivity contribution in [2.24, 2.45) is 5.73 Å². The second-order valence-corrected chi connectivity index (χ2v) is 4.64. The topological polar surface area (TPSA) is 109 Å². The van der Waals surface area contributed by atoms with Crippen molar-refractivity contribution in [2.45, 2.75) is 25.3 Å². The Balaban J connectivity index is 2.60. The van der Waals surface area contributed by atoms with Crippen molar-refractivity contribution in [3.63, 3.8) is 0 Å². The van der Waals surface area contributed by atoms with Crippen LogP contribution in [0.4, 0.5) is 0 Å². The van der Waals surface area contributed by atoms with Crippen molar-refractivity contribution in [1.82, 2.24) is 5.32 Å². The van der Waals surface area contributed by atoms with Gasteiger partial charge < -0.3 is 16.2 Å². The van der Waals surface area contributed by atoms with Crippen molar-refractivity contribution in [3.8, 4) is 0 Å². The summed E-state index contributed by atoms with van der Waals surface area (Å²) in [6.07, 6.45) is -0.178. The molecule has 0 aliphatic carbocycles. The fourth-order valence-corrected chi connectivity index (χ4v) is 1.81. The van der Waals surface area contributed by atoms with Gasteiger partial charge in [0.2, 0.25) is 11.8 Å². The van der Waals surface area contributed by atoms with E-state index in [0.717, 1.165) is 0 Å². The van der Waals surface area contributed by atoms with Crippen LogP contribution in [-0.2, 0) is 20.8 Å². The van der Waals surface area contributed by atoms with Crippen molar-refractivity contribution >= 4 is 29.4 Å². The number of benzene rings is 1. The molecule has 7 heteroatoms. The van der Waals surface area contributed by atoms with Crippen LogP contribution in [0, 0.1) is 0 Å². The predicted octanol–water partition coefficient (Wildman–Crippen LogP) is 0.717. The number of nitrogens with two attached hydrogens (primary N) is 1. The van der Waals surface area contributed by atoms with Crippen LogP contribution in [-0.4, -0.2) is 28.9 Å². The molecule has 2 amide bonds. The first-order valence-corrected chi connectivity index (χ1v) is 6.32. The summed E-state index contributed by atoms with van der Waals surface area (Å²) in [6.45, 7) is 0. The van der Waals surface area contributed by atoms with Gasteiger partial charge in [-0.2, -0.15) is 0 Å². The molecule has 1 atom stereocenters. The molecule has 108 valence electrons. The lowest BCUT2D eigenvalue weighted by Crippen LogP contribution is -2.42. The van der Waals surface area contributed by atoms with E-state index in [-0.39, 0.29) is 19.3 Å². The first-order valence-electron chi connectivity index (χ1n) is 5.94. The fourth-order valence-electron chi connectivity index (χ4n) is 1.60. The number of carboxylic acid groups (broad SMARTS) is 1. The predicted molar refractivity (Wildman–Crippen MR) is 73.2 cm³/mol. The zero-order chi connectivity index (χ0) is 15.1. The van der Waals surface area contributed by atoms with Gasteiger partial charge in [0, 0.05) is 11.4 Å². The van der Waals surface area contributed by atoms with Gasteiger partial charge in [-0.1, -0.05) is 29.8 Å². The van der Waals surface area contributed by atoms with E-state index >= 15 is 0 Å². The molecule has 4 N–H and O–H groups in total. The van der Waals surface area contributed by atoms with Crippen molar-refractivity contribution in [1.29, 1.82) is 0 Å². The van der Waals surface area contributed by atoms with E-state index in [1.54, 1.807) is 24.3 Å². The molecule has 0 unspecified atom stereocenters. The van der Waals surface area contributed by atoms with Crippen LogP contribution in [0.1, 0.15) is 18.4 Å². The van der Waals surface area contributed by atoms with Gasteiger partial charge >= 0.3 is 5.97 Å². The molecule has 1 aromatic carbocycles. The first kappa shape index (κ1) is 16.0. The number of carbonyl (C=O) groups excluding carboxylic acids is 2. The standard InChI is InChI=1S/C13H15ClN2O4/c14-9-4-2-1-3-8(9)7-12(18)16-10(13(19)20)5-6-11(15)17/h1-4,10H,5-7H2,(H2,15,17)(H,16,18)(H,19,20)/t10-/m1/s1. The molecule has 0 fully saturated rings. The number of hydrogen-bond acceptors (Lipinski definition) is 3. The van der Waals surface area contributed by atoms with E-state index in [2.05, 4.69) is 5.32 Å². The molecular formula is C13H15ClN2O4. The van der Waals surface area contributed by atoms with Crippen LogP contribution in [0.15, 0.2) is 24.3 Å². The van der Waals surface area contributed by atoms with Crippen LogP contribution < -0.4 is 11.1 Å². The molecule has 0 saturated heterocycles. The van der Waals surface area contributed by atoms with Gasteiger partial charge in [-0.3, -0.25) is 9.59 Å². The molecule has 0 spiro atoms. The number of aliphatic carboxylic acids is 1. The fraction of sp³-hybridized carbons (Fsp3) is 0.308. The maximum absolute atomic E-state index is 11.8. The minimum atomic E-state index is -1.21. The molecule has 0 aromatic heterocycles. The molecule has 1 aromatic rings. The van der Waals surface area contributed by atoms with E-state index in [4.69, 9.17) is 22.4 Å². The third kappa shape index (κ3) is 5.27. The van der Waals surface area contributed by atoms with Crippen LogP contribution >= 0.6 is 11.6 Å². The Bertz CT molecular complexity index is 519. The van der Waals surface area contributed by atoms with Crippen LogP contribution in [0.25, 0.3) is 0 Å². The lowest BCUT2D eigenvalue weighted by Gasteiger charge is -2.14. The minimum Gasteiger partial charge on any atom is -0.480 e. The number of amides is 2. The summed E-state index contributed by atoms with van der Waals surface area (Å²) in [5, 5.41) is 11.7. The van der Waals surface area contributed by atoms with Gasteiger partial charge in [-0.15, -0.1) is 0 Å². The summed E-state index contributed by atoms with van der Waals surface area (Å²) in [4.78, 5) is 33.4. The maximum atomic E-state index is 11.8. The number of carboxylic acids is 1. The molecule has 0 aliphatic rings. The second kappa shape index (κ2) is 7.49. The minimum absolute atomic E-state index is 0.0278. The van der Waals surface area contributed by atoms with E-state index in [9.17, 15) is 14.4 Å². The molecule has 0 saturated carbocycles. The average molecular weight is 299 g/mol. The molecular weight excluding hydrogens is 284 g/mol. The largest absolute Gasteiger partial charge is 0.480 e. The summed E-state index contributed by atoms with van der Waals surface area (Å²) in [7, 11) is 0. The van der Waals surface area contributed by atoms with E-state index in [1.807, 2.05) is 0 Å². The molecule has 0 aliphatic heterocycles. The summed E-state index contributed by atoms with van der Waals surface area (Å²) in [5.74, 6) is -2.30. The van der Waals surface area contributed by atoms with Crippen LogP contribution in [0.5, 0.6) is 0 Å². The average Bonchev–Trinajstić information content (AvgIpc) is 2.36. The lowest BCUT2D eigenvalue weighted by atomic mass is 10.1. The Morgan fingerprint density at radius 1 is 1.30 bits per heavy atom.